The number of anilines is 1. The fraction of sp³-hybridized carbons (Fsp3) is 0.304. The van der Waals surface area contributed by atoms with Crippen molar-refractivity contribution in [3.63, 3.8) is 0 Å². The van der Waals surface area contributed by atoms with Crippen LogP contribution >= 0.6 is 0 Å². The van der Waals surface area contributed by atoms with E-state index in [4.69, 9.17) is 0 Å². The number of fused-ring (bicyclic) bond motifs is 1. The fourth-order valence-electron chi connectivity index (χ4n) is 3.83. The van der Waals surface area contributed by atoms with Gasteiger partial charge in [-0.2, -0.15) is 5.10 Å². The van der Waals surface area contributed by atoms with Crippen molar-refractivity contribution in [1.29, 1.82) is 0 Å². The number of carbonyl (C=O) groups excluding carboxylic acids is 1. The quantitative estimate of drug-likeness (QED) is 0.691. The highest BCUT2D eigenvalue weighted by atomic mass is 32.2. The molecule has 0 unspecified atom stereocenters. The summed E-state index contributed by atoms with van der Waals surface area (Å²) in [6, 6.07) is 19.1. The number of hydrogen-bond donors (Lipinski definition) is 1. The highest BCUT2D eigenvalue weighted by Gasteiger charge is 2.36. The van der Waals surface area contributed by atoms with Crippen molar-refractivity contribution in [1.82, 2.24) is 9.78 Å². The second kappa shape index (κ2) is 7.40. The molecule has 0 fully saturated rings. The van der Waals surface area contributed by atoms with Gasteiger partial charge in [0.25, 0.3) is 0 Å². The predicted molar refractivity (Wildman–Crippen MR) is 117 cm³/mol. The van der Waals surface area contributed by atoms with Crippen molar-refractivity contribution in [2.24, 2.45) is 0 Å². The van der Waals surface area contributed by atoms with Gasteiger partial charge < -0.3 is 5.32 Å². The lowest BCUT2D eigenvalue weighted by Gasteiger charge is -2.25. The molecule has 1 aliphatic rings. The summed E-state index contributed by atoms with van der Waals surface area (Å²) in [5.74, 6) is -0.459. The predicted octanol–water partition coefficient (Wildman–Crippen LogP) is 3.84. The molecule has 0 bridgehead atoms. The van der Waals surface area contributed by atoms with Crippen LogP contribution in [0.1, 0.15) is 49.1 Å². The molecule has 156 valence electrons. The van der Waals surface area contributed by atoms with E-state index < -0.39 is 21.3 Å². The van der Waals surface area contributed by atoms with Gasteiger partial charge in [0.05, 0.1) is 28.7 Å². The summed E-state index contributed by atoms with van der Waals surface area (Å²) in [4.78, 5) is 13.6. The summed E-state index contributed by atoms with van der Waals surface area (Å²) < 4.78 is 26.1. The Hall–Kier alpha value is -2.93. The van der Waals surface area contributed by atoms with Crippen LogP contribution in [0.4, 0.5) is 5.82 Å². The van der Waals surface area contributed by atoms with Crippen LogP contribution in [-0.2, 0) is 31.7 Å². The second-order valence-electron chi connectivity index (χ2n) is 8.63. The van der Waals surface area contributed by atoms with Crippen molar-refractivity contribution >= 4 is 21.6 Å². The second-order valence-corrected chi connectivity index (χ2v) is 10.7. The lowest BCUT2D eigenvalue weighted by Crippen LogP contribution is -2.30. The summed E-state index contributed by atoms with van der Waals surface area (Å²) in [5.41, 5.74) is 2.44. The Morgan fingerprint density at radius 2 is 1.50 bits per heavy atom. The summed E-state index contributed by atoms with van der Waals surface area (Å²) in [7, 11) is -3.23. The van der Waals surface area contributed by atoms with Crippen LogP contribution in [0.25, 0.3) is 0 Å². The van der Waals surface area contributed by atoms with Crippen molar-refractivity contribution < 1.29 is 13.2 Å². The molecule has 7 heteroatoms. The molecule has 2 heterocycles. The van der Waals surface area contributed by atoms with E-state index in [-0.39, 0.29) is 17.4 Å². The Balaban J connectivity index is 1.77. The van der Waals surface area contributed by atoms with Crippen molar-refractivity contribution in [3.05, 3.63) is 83.0 Å². The van der Waals surface area contributed by atoms with E-state index in [9.17, 15) is 13.2 Å². The number of benzene rings is 2. The third kappa shape index (κ3) is 3.89. The highest BCUT2D eigenvalue weighted by molar-refractivity contribution is 7.90. The van der Waals surface area contributed by atoms with Gasteiger partial charge >= 0.3 is 0 Å². The molecule has 30 heavy (non-hydrogen) atoms. The lowest BCUT2D eigenvalue weighted by atomic mass is 9.90. The minimum absolute atomic E-state index is 0.0882. The first-order valence-electron chi connectivity index (χ1n) is 9.88. The van der Waals surface area contributed by atoms with Gasteiger partial charge in [-0.1, -0.05) is 60.7 Å². The number of nitrogens with zero attached hydrogens (tertiary/aromatic N) is 2. The molecule has 0 atom stereocenters. The molecule has 2 aromatic carbocycles. The molecule has 1 aromatic heterocycles. The first kappa shape index (κ1) is 20.3. The molecular weight excluding hydrogens is 398 g/mol. The smallest absolute Gasteiger partial charge is 0.237 e. The molecule has 0 radical (unpaired) electrons. The molecule has 0 aliphatic carbocycles. The van der Waals surface area contributed by atoms with Crippen molar-refractivity contribution in [2.75, 3.05) is 5.32 Å². The van der Waals surface area contributed by atoms with Crippen LogP contribution in [0.2, 0.25) is 0 Å². The molecule has 0 saturated carbocycles. The molecule has 0 spiro atoms. The van der Waals surface area contributed by atoms with Crippen LogP contribution in [0, 0.1) is 0 Å². The molecule has 1 N–H and O–H groups in total. The molecule has 6 nitrogen and oxygen atoms in total. The molecule has 1 aliphatic heterocycles. The zero-order chi connectivity index (χ0) is 21.5. The van der Waals surface area contributed by atoms with Gasteiger partial charge in [0.2, 0.25) is 5.91 Å². The maximum atomic E-state index is 13.6. The van der Waals surface area contributed by atoms with Crippen molar-refractivity contribution in [3.8, 4) is 0 Å². The summed E-state index contributed by atoms with van der Waals surface area (Å²) >= 11 is 0. The van der Waals surface area contributed by atoms with Crippen molar-refractivity contribution in [2.45, 2.75) is 43.7 Å². The fourth-order valence-corrected chi connectivity index (χ4v) is 5.33. The Morgan fingerprint density at radius 1 is 0.967 bits per heavy atom. The average molecular weight is 424 g/mol. The largest absolute Gasteiger partial charge is 0.310 e. The van der Waals surface area contributed by atoms with E-state index >= 15 is 0 Å². The van der Waals surface area contributed by atoms with E-state index in [2.05, 4.69) is 10.4 Å². The normalized spacial score (nSPS) is 15.2. The molecule has 1 amide bonds. The zero-order valence-electron chi connectivity index (χ0n) is 17.3. The van der Waals surface area contributed by atoms with Crippen LogP contribution in [0.3, 0.4) is 0 Å². The van der Waals surface area contributed by atoms with E-state index in [1.807, 2.05) is 81.4 Å². The van der Waals surface area contributed by atoms with Crippen LogP contribution in [0.5, 0.6) is 0 Å². The molecule has 3 aromatic rings. The van der Waals surface area contributed by atoms with E-state index in [1.54, 1.807) is 4.68 Å². The number of nitrogens with one attached hydrogen (secondary N) is 1. The number of amides is 1. The van der Waals surface area contributed by atoms with E-state index in [0.717, 1.165) is 11.1 Å². The molecule has 4 rings (SSSR count). The van der Waals surface area contributed by atoms with Gasteiger partial charge in [0.15, 0.2) is 9.84 Å². The van der Waals surface area contributed by atoms with E-state index in [0.29, 0.717) is 17.1 Å². The van der Waals surface area contributed by atoms with Gasteiger partial charge in [-0.25, -0.2) is 13.1 Å². The molecule has 0 saturated heterocycles. The van der Waals surface area contributed by atoms with Crippen LogP contribution in [-0.4, -0.2) is 24.1 Å². The number of rotatable bonds is 4. The number of aromatic nitrogens is 2. The van der Waals surface area contributed by atoms with Crippen LogP contribution < -0.4 is 5.32 Å². The highest BCUT2D eigenvalue weighted by Crippen LogP contribution is 2.35. The van der Waals surface area contributed by atoms with Gasteiger partial charge in [-0.3, -0.25) is 4.79 Å². The topological polar surface area (TPSA) is 81.1 Å². The summed E-state index contributed by atoms with van der Waals surface area (Å²) in [6.45, 7) is 5.93. The minimum Gasteiger partial charge on any atom is -0.310 e. The average Bonchev–Trinajstić information content (AvgIpc) is 3.16. The maximum absolute atomic E-state index is 13.6. The lowest BCUT2D eigenvalue weighted by molar-refractivity contribution is -0.116. The first-order valence-corrected chi connectivity index (χ1v) is 11.7. The monoisotopic (exact) mass is 423 g/mol. The van der Waals surface area contributed by atoms with Crippen LogP contribution in [0.15, 0.2) is 60.7 Å². The Bertz CT molecular complexity index is 1140. The third-order valence-electron chi connectivity index (χ3n) is 5.19. The number of hydrogen-bond acceptors (Lipinski definition) is 4. The Morgan fingerprint density at radius 3 is 2.00 bits per heavy atom. The van der Waals surface area contributed by atoms with Gasteiger partial charge in [-0.15, -0.1) is 0 Å². The standard InChI is InChI=1S/C23H25N3O3S/c1-23(2,3)26-21(18-14-30(28,29)15-19(18)25-26)24-22(27)20(16-10-6-4-7-11-16)17-12-8-5-9-13-17/h4-13,20H,14-15H2,1-3H3,(H,24,27). The summed E-state index contributed by atoms with van der Waals surface area (Å²) in [5, 5.41) is 7.57. The Kier molecular flexibility index (Phi) is 5.02. The SMILES string of the molecule is CC(C)(C)n1nc2c(c1NC(=O)C(c1ccccc1)c1ccccc1)CS(=O)(=O)C2. The van der Waals surface area contributed by atoms with Gasteiger partial charge in [0.1, 0.15) is 5.82 Å². The Labute approximate surface area is 176 Å². The number of carbonyl (C=O) groups is 1. The maximum Gasteiger partial charge on any atom is 0.237 e. The third-order valence-corrected chi connectivity index (χ3v) is 6.63. The van der Waals surface area contributed by atoms with Gasteiger partial charge in [0, 0.05) is 5.56 Å². The minimum atomic E-state index is -3.23. The van der Waals surface area contributed by atoms with E-state index in [1.165, 1.54) is 0 Å². The zero-order valence-corrected chi connectivity index (χ0v) is 18.1. The van der Waals surface area contributed by atoms with Gasteiger partial charge in [-0.05, 0) is 31.9 Å². The number of sulfone groups is 1. The summed E-state index contributed by atoms with van der Waals surface area (Å²) in [6.07, 6.45) is 0. The molecular formula is C23H25N3O3S. The first-order chi connectivity index (χ1) is 14.2.